The van der Waals surface area contributed by atoms with Crippen LogP contribution in [-0.4, -0.2) is 43.0 Å². The summed E-state index contributed by atoms with van der Waals surface area (Å²) >= 11 is 0. The molecular formula is C23H27FN4O4. The van der Waals surface area contributed by atoms with E-state index in [2.05, 4.69) is 4.98 Å². The molecular weight excluding hydrogens is 415 g/mol. The summed E-state index contributed by atoms with van der Waals surface area (Å²) in [5.41, 5.74) is 6.24. The standard InChI is InChI=1S/C23H27FN4O4/c1-31-13-6-11-27(12-14-32-19-10-5-9-18(24)15-19)20-21(25)28(23(30)26-22(20)29)16-17-7-3-2-4-8-17/h2-5,7-10,15H,6,11-14,16,25H2,1H3,(H,26,29,30). The summed E-state index contributed by atoms with van der Waals surface area (Å²) in [6.45, 7) is 1.66. The van der Waals surface area contributed by atoms with Gasteiger partial charge in [-0.1, -0.05) is 36.4 Å². The molecule has 0 saturated heterocycles. The van der Waals surface area contributed by atoms with Crippen LogP contribution in [0, 0.1) is 5.82 Å². The molecule has 9 heteroatoms. The third-order valence-electron chi connectivity index (χ3n) is 4.92. The Bertz CT molecular complexity index is 1130. The van der Waals surface area contributed by atoms with E-state index in [0.717, 1.165) is 5.56 Å². The van der Waals surface area contributed by atoms with Gasteiger partial charge in [0.1, 0.15) is 29.7 Å². The van der Waals surface area contributed by atoms with Crippen molar-refractivity contribution in [2.75, 3.05) is 44.0 Å². The maximum absolute atomic E-state index is 13.4. The molecule has 0 atom stereocenters. The van der Waals surface area contributed by atoms with Crippen molar-refractivity contribution < 1.29 is 13.9 Å². The van der Waals surface area contributed by atoms with Gasteiger partial charge in [-0.3, -0.25) is 14.3 Å². The van der Waals surface area contributed by atoms with E-state index in [1.165, 1.54) is 16.7 Å². The number of nitrogens with zero attached hydrogens (tertiary/aromatic N) is 2. The molecule has 3 N–H and O–H groups in total. The summed E-state index contributed by atoms with van der Waals surface area (Å²) in [6.07, 6.45) is 0.632. The fourth-order valence-corrected chi connectivity index (χ4v) is 3.37. The highest BCUT2D eigenvalue weighted by molar-refractivity contribution is 5.62. The van der Waals surface area contributed by atoms with Gasteiger partial charge in [0.2, 0.25) is 0 Å². The molecule has 0 saturated carbocycles. The Morgan fingerprint density at radius 1 is 1.06 bits per heavy atom. The Morgan fingerprint density at radius 3 is 2.56 bits per heavy atom. The minimum Gasteiger partial charge on any atom is -0.492 e. The molecule has 3 aromatic rings. The second-order valence-corrected chi connectivity index (χ2v) is 7.20. The minimum atomic E-state index is -0.576. The van der Waals surface area contributed by atoms with Gasteiger partial charge in [0.05, 0.1) is 13.1 Å². The zero-order valence-electron chi connectivity index (χ0n) is 17.9. The first-order valence-electron chi connectivity index (χ1n) is 10.3. The zero-order valence-corrected chi connectivity index (χ0v) is 17.9. The van der Waals surface area contributed by atoms with Crippen molar-refractivity contribution in [1.82, 2.24) is 9.55 Å². The Labute approximate surface area is 185 Å². The minimum absolute atomic E-state index is 0.0748. The summed E-state index contributed by atoms with van der Waals surface area (Å²) in [6, 6.07) is 15.2. The van der Waals surface area contributed by atoms with Crippen molar-refractivity contribution in [3.05, 3.63) is 86.8 Å². The van der Waals surface area contributed by atoms with Crippen LogP contribution >= 0.6 is 0 Å². The quantitative estimate of drug-likeness (QED) is 0.442. The van der Waals surface area contributed by atoms with Gasteiger partial charge in [0.25, 0.3) is 5.56 Å². The molecule has 1 heterocycles. The number of methoxy groups -OCH3 is 1. The van der Waals surface area contributed by atoms with Crippen molar-refractivity contribution in [2.45, 2.75) is 13.0 Å². The number of anilines is 2. The van der Waals surface area contributed by atoms with Crippen LogP contribution in [0.15, 0.2) is 64.2 Å². The van der Waals surface area contributed by atoms with E-state index >= 15 is 0 Å². The lowest BCUT2D eigenvalue weighted by Gasteiger charge is -2.26. The van der Waals surface area contributed by atoms with Crippen molar-refractivity contribution >= 4 is 11.5 Å². The van der Waals surface area contributed by atoms with Crippen LogP contribution in [0.1, 0.15) is 12.0 Å². The molecule has 32 heavy (non-hydrogen) atoms. The van der Waals surface area contributed by atoms with Crippen LogP contribution in [0.2, 0.25) is 0 Å². The number of ether oxygens (including phenoxy) is 2. The topological polar surface area (TPSA) is 103 Å². The molecule has 3 rings (SSSR count). The van der Waals surface area contributed by atoms with E-state index in [1.54, 1.807) is 24.1 Å². The highest BCUT2D eigenvalue weighted by Gasteiger charge is 2.19. The first kappa shape index (κ1) is 23.1. The summed E-state index contributed by atoms with van der Waals surface area (Å²) in [5, 5.41) is 0. The molecule has 2 aromatic carbocycles. The SMILES string of the molecule is COCCCN(CCOc1cccc(F)c1)c1c(N)n(Cc2ccccc2)c(=O)[nH]c1=O. The molecule has 0 aliphatic carbocycles. The van der Waals surface area contributed by atoms with Crippen LogP contribution in [-0.2, 0) is 11.3 Å². The predicted molar refractivity (Wildman–Crippen MR) is 122 cm³/mol. The molecule has 8 nitrogen and oxygen atoms in total. The molecule has 0 amide bonds. The monoisotopic (exact) mass is 442 g/mol. The fourth-order valence-electron chi connectivity index (χ4n) is 3.37. The smallest absolute Gasteiger partial charge is 0.330 e. The number of aromatic amines is 1. The van der Waals surface area contributed by atoms with Gasteiger partial charge >= 0.3 is 5.69 Å². The number of nitrogens with two attached hydrogens (primary N) is 1. The zero-order chi connectivity index (χ0) is 22.9. The maximum Gasteiger partial charge on any atom is 0.330 e. The van der Waals surface area contributed by atoms with Gasteiger partial charge in [-0.2, -0.15) is 0 Å². The average Bonchev–Trinajstić information content (AvgIpc) is 2.77. The molecule has 0 spiro atoms. The first-order valence-corrected chi connectivity index (χ1v) is 10.3. The Balaban J connectivity index is 1.86. The lowest BCUT2D eigenvalue weighted by Crippen LogP contribution is -2.40. The summed E-state index contributed by atoms with van der Waals surface area (Å²) < 4.78 is 25.5. The highest BCUT2D eigenvalue weighted by Crippen LogP contribution is 2.19. The third-order valence-corrected chi connectivity index (χ3v) is 4.92. The van der Waals surface area contributed by atoms with Crippen LogP contribution in [0.3, 0.4) is 0 Å². The number of benzene rings is 2. The number of halogens is 1. The Hall–Kier alpha value is -3.59. The summed E-state index contributed by atoms with van der Waals surface area (Å²) in [4.78, 5) is 29.3. The van der Waals surface area contributed by atoms with Gasteiger partial charge in [-0.05, 0) is 24.1 Å². The van der Waals surface area contributed by atoms with Crippen molar-refractivity contribution in [2.24, 2.45) is 0 Å². The van der Waals surface area contributed by atoms with Gasteiger partial charge in [-0.15, -0.1) is 0 Å². The number of nitrogens with one attached hydrogen (secondary N) is 1. The van der Waals surface area contributed by atoms with Crippen LogP contribution in [0.5, 0.6) is 5.75 Å². The van der Waals surface area contributed by atoms with Crippen LogP contribution in [0.4, 0.5) is 15.9 Å². The predicted octanol–water partition coefficient (Wildman–Crippen LogP) is 2.23. The third kappa shape index (κ3) is 5.98. The van der Waals surface area contributed by atoms with Gasteiger partial charge < -0.3 is 20.1 Å². The molecule has 0 aliphatic heterocycles. The van der Waals surface area contributed by atoms with Crippen LogP contribution in [0.25, 0.3) is 0 Å². The van der Waals surface area contributed by atoms with Crippen molar-refractivity contribution in [1.29, 1.82) is 0 Å². The molecule has 1 aromatic heterocycles. The highest BCUT2D eigenvalue weighted by atomic mass is 19.1. The largest absolute Gasteiger partial charge is 0.492 e. The summed E-state index contributed by atoms with van der Waals surface area (Å²) in [5.74, 6) is 0.0664. The fraction of sp³-hybridized carbons (Fsp3) is 0.304. The molecule has 0 unspecified atom stereocenters. The van der Waals surface area contributed by atoms with Gasteiger partial charge in [0, 0.05) is 26.3 Å². The normalized spacial score (nSPS) is 10.8. The second kappa shape index (κ2) is 11.1. The van der Waals surface area contributed by atoms with E-state index < -0.39 is 17.1 Å². The number of H-pyrrole nitrogens is 1. The van der Waals surface area contributed by atoms with E-state index in [1.807, 2.05) is 30.3 Å². The van der Waals surface area contributed by atoms with Gasteiger partial charge in [-0.25, -0.2) is 9.18 Å². The summed E-state index contributed by atoms with van der Waals surface area (Å²) in [7, 11) is 1.60. The lowest BCUT2D eigenvalue weighted by atomic mass is 10.2. The van der Waals surface area contributed by atoms with E-state index in [9.17, 15) is 14.0 Å². The first-order chi connectivity index (χ1) is 15.5. The number of aromatic nitrogens is 2. The number of rotatable bonds is 11. The van der Waals surface area contributed by atoms with E-state index in [-0.39, 0.29) is 24.7 Å². The van der Waals surface area contributed by atoms with Crippen molar-refractivity contribution in [3.8, 4) is 5.75 Å². The van der Waals surface area contributed by atoms with Crippen molar-refractivity contribution in [3.63, 3.8) is 0 Å². The Morgan fingerprint density at radius 2 is 1.84 bits per heavy atom. The lowest BCUT2D eigenvalue weighted by molar-refractivity contribution is 0.195. The Kier molecular flexibility index (Phi) is 8.04. The van der Waals surface area contributed by atoms with Crippen LogP contribution < -0.4 is 26.6 Å². The molecule has 0 aliphatic rings. The number of nitrogen functional groups attached to an aromatic ring is 1. The number of hydrogen-bond acceptors (Lipinski definition) is 6. The average molecular weight is 442 g/mol. The second-order valence-electron chi connectivity index (χ2n) is 7.20. The molecule has 0 fully saturated rings. The molecule has 170 valence electrons. The molecule has 0 bridgehead atoms. The maximum atomic E-state index is 13.4. The van der Waals surface area contributed by atoms with Gasteiger partial charge in [0.15, 0.2) is 0 Å². The van der Waals surface area contributed by atoms with E-state index in [0.29, 0.717) is 31.9 Å². The number of hydrogen-bond donors (Lipinski definition) is 2. The molecule has 0 radical (unpaired) electrons. The van der Waals surface area contributed by atoms with E-state index in [4.69, 9.17) is 15.2 Å².